The summed E-state index contributed by atoms with van der Waals surface area (Å²) in [7, 11) is 0. The minimum Gasteiger partial charge on any atom is -0.508 e. The monoisotopic (exact) mass is 223 g/mol. The first-order chi connectivity index (χ1) is 7.29. The van der Waals surface area contributed by atoms with Crippen molar-refractivity contribution in [3.63, 3.8) is 0 Å². The van der Waals surface area contributed by atoms with Gasteiger partial charge >= 0.3 is 0 Å². The Morgan fingerprint density at radius 3 is 2.56 bits per heavy atom. The number of carbonyl (C=O) groups excluding carboxylic acids is 1. The van der Waals surface area contributed by atoms with Crippen LogP contribution in [0.2, 0.25) is 0 Å². The number of amides is 1. The van der Waals surface area contributed by atoms with E-state index in [4.69, 9.17) is 0 Å². The number of aryl methyl sites for hydroxylation is 1. The molecule has 0 radical (unpaired) electrons. The van der Waals surface area contributed by atoms with E-state index in [9.17, 15) is 15.0 Å². The van der Waals surface area contributed by atoms with Crippen molar-refractivity contribution in [2.24, 2.45) is 0 Å². The van der Waals surface area contributed by atoms with Gasteiger partial charge < -0.3 is 15.5 Å². The Morgan fingerprint density at radius 2 is 2.06 bits per heavy atom. The lowest BCUT2D eigenvalue weighted by atomic mass is 10.1. The van der Waals surface area contributed by atoms with Gasteiger partial charge in [0, 0.05) is 12.1 Å². The van der Waals surface area contributed by atoms with Gasteiger partial charge in [-0.1, -0.05) is 0 Å². The minimum atomic E-state index is -0.930. The van der Waals surface area contributed by atoms with Crippen molar-refractivity contribution in [2.75, 3.05) is 6.54 Å². The van der Waals surface area contributed by atoms with Gasteiger partial charge in [-0.05, 0) is 44.5 Å². The number of benzene rings is 1. The second-order valence-electron chi connectivity index (χ2n) is 4.49. The third-order valence-electron chi connectivity index (χ3n) is 2.14. The van der Waals surface area contributed by atoms with Crippen molar-refractivity contribution in [3.05, 3.63) is 29.3 Å². The van der Waals surface area contributed by atoms with Gasteiger partial charge in [-0.15, -0.1) is 0 Å². The van der Waals surface area contributed by atoms with Crippen molar-refractivity contribution in [1.29, 1.82) is 0 Å². The number of phenols is 1. The van der Waals surface area contributed by atoms with Crippen LogP contribution in [0, 0.1) is 6.92 Å². The lowest BCUT2D eigenvalue weighted by molar-refractivity contribution is 0.0694. The van der Waals surface area contributed by atoms with E-state index in [-0.39, 0.29) is 18.2 Å². The van der Waals surface area contributed by atoms with Gasteiger partial charge in [-0.2, -0.15) is 0 Å². The van der Waals surface area contributed by atoms with E-state index in [0.717, 1.165) is 0 Å². The van der Waals surface area contributed by atoms with Crippen LogP contribution in [0.4, 0.5) is 0 Å². The number of nitrogens with one attached hydrogen (secondary N) is 1. The van der Waals surface area contributed by atoms with Gasteiger partial charge in [0.2, 0.25) is 0 Å². The lowest BCUT2D eigenvalue weighted by Crippen LogP contribution is -2.38. The molecule has 1 amide bonds. The molecule has 0 saturated heterocycles. The Morgan fingerprint density at radius 1 is 1.44 bits per heavy atom. The molecule has 16 heavy (non-hydrogen) atoms. The third-order valence-corrected chi connectivity index (χ3v) is 2.14. The molecule has 0 atom stereocenters. The molecule has 0 fully saturated rings. The van der Waals surface area contributed by atoms with Crippen LogP contribution in [0.25, 0.3) is 0 Å². The smallest absolute Gasteiger partial charge is 0.251 e. The Kier molecular flexibility index (Phi) is 3.55. The fraction of sp³-hybridized carbons (Fsp3) is 0.417. The molecular formula is C12H17NO3. The van der Waals surface area contributed by atoms with Crippen molar-refractivity contribution in [2.45, 2.75) is 26.4 Å². The first-order valence-electron chi connectivity index (χ1n) is 5.10. The van der Waals surface area contributed by atoms with Crippen LogP contribution in [0.1, 0.15) is 29.8 Å². The Bertz CT molecular complexity index is 394. The summed E-state index contributed by atoms with van der Waals surface area (Å²) in [6.45, 7) is 5.18. The zero-order valence-corrected chi connectivity index (χ0v) is 9.74. The molecule has 88 valence electrons. The molecule has 1 aromatic rings. The molecule has 1 rings (SSSR count). The molecule has 4 nitrogen and oxygen atoms in total. The number of rotatable bonds is 3. The molecule has 0 bridgehead atoms. The standard InChI is InChI=1S/C12H17NO3/c1-8-6-9(14)4-5-10(8)11(15)13-7-12(2,3)16/h4-6,14,16H,7H2,1-3H3,(H,13,15). The van der Waals surface area contributed by atoms with Gasteiger partial charge in [-0.3, -0.25) is 4.79 Å². The van der Waals surface area contributed by atoms with Gasteiger partial charge in [0.15, 0.2) is 0 Å². The average Bonchev–Trinajstić information content (AvgIpc) is 2.13. The van der Waals surface area contributed by atoms with E-state index in [1.807, 2.05) is 0 Å². The van der Waals surface area contributed by atoms with Crippen LogP contribution < -0.4 is 5.32 Å². The van der Waals surface area contributed by atoms with Gasteiger partial charge in [-0.25, -0.2) is 0 Å². The topological polar surface area (TPSA) is 69.6 Å². The maximum absolute atomic E-state index is 11.7. The number of aliphatic hydroxyl groups is 1. The van der Waals surface area contributed by atoms with Crippen molar-refractivity contribution in [1.82, 2.24) is 5.32 Å². The molecule has 0 aliphatic rings. The summed E-state index contributed by atoms with van der Waals surface area (Å²) in [5.74, 6) is -0.115. The van der Waals surface area contributed by atoms with E-state index in [0.29, 0.717) is 11.1 Å². The average molecular weight is 223 g/mol. The zero-order chi connectivity index (χ0) is 12.3. The van der Waals surface area contributed by atoms with Gasteiger partial charge in [0.05, 0.1) is 5.60 Å². The summed E-state index contributed by atoms with van der Waals surface area (Å²) in [4.78, 5) is 11.7. The van der Waals surface area contributed by atoms with Crippen LogP contribution in [0.15, 0.2) is 18.2 Å². The molecular weight excluding hydrogens is 206 g/mol. The van der Waals surface area contributed by atoms with Crippen LogP contribution in [0.5, 0.6) is 5.75 Å². The number of phenolic OH excluding ortho intramolecular Hbond substituents is 1. The van der Waals surface area contributed by atoms with Crippen LogP contribution in [-0.2, 0) is 0 Å². The number of hydrogen-bond donors (Lipinski definition) is 3. The summed E-state index contributed by atoms with van der Waals surface area (Å²) >= 11 is 0. The highest BCUT2D eigenvalue weighted by Crippen LogP contribution is 2.15. The highest BCUT2D eigenvalue weighted by Gasteiger charge is 2.15. The summed E-state index contributed by atoms with van der Waals surface area (Å²) in [5.41, 5.74) is 0.274. The van der Waals surface area contributed by atoms with Gasteiger partial charge in [0.1, 0.15) is 5.75 Å². The van der Waals surface area contributed by atoms with Gasteiger partial charge in [0.25, 0.3) is 5.91 Å². The Balaban J connectivity index is 2.74. The summed E-state index contributed by atoms with van der Waals surface area (Å²) in [5, 5.41) is 21.3. The summed E-state index contributed by atoms with van der Waals surface area (Å²) < 4.78 is 0. The fourth-order valence-electron chi connectivity index (χ4n) is 1.29. The first-order valence-corrected chi connectivity index (χ1v) is 5.10. The van der Waals surface area contributed by atoms with Crippen molar-refractivity contribution >= 4 is 5.91 Å². The molecule has 0 aliphatic heterocycles. The summed E-state index contributed by atoms with van der Waals surface area (Å²) in [6, 6.07) is 4.55. The number of carbonyl (C=O) groups is 1. The number of aromatic hydroxyl groups is 1. The van der Waals surface area contributed by atoms with Crippen molar-refractivity contribution in [3.8, 4) is 5.75 Å². The van der Waals surface area contributed by atoms with E-state index >= 15 is 0 Å². The number of hydrogen-bond acceptors (Lipinski definition) is 3. The zero-order valence-electron chi connectivity index (χ0n) is 9.74. The largest absolute Gasteiger partial charge is 0.508 e. The SMILES string of the molecule is Cc1cc(O)ccc1C(=O)NCC(C)(C)O. The molecule has 4 heteroatoms. The molecule has 0 heterocycles. The molecule has 0 aliphatic carbocycles. The second-order valence-corrected chi connectivity index (χ2v) is 4.49. The molecule has 0 saturated carbocycles. The molecule has 3 N–H and O–H groups in total. The van der Waals surface area contributed by atoms with Crippen LogP contribution in [-0.4, -0.2) is 28.3 Å². The van der Waals surface area contributed by atoms with Crippen LogP contribution >= 0.6 is 0 Å². The highest BCUT2D eigenvalue weighted by atomic mass is 16.3. The van der Waals surface area contributed by atoms with E-state index in [2.05, 4.69) is 5.32 Å². The quantitative estimate of drug-likeness (QED) is 0.721. The molecule has 1 aromatic carbocycles. The highest BCUT2D eigenvalue weighted by molar-refractivity contribution is 5.95. The Labute approximate surface area is 94.9 Å². The van der Waals surface area contributed by atoms with E-state index < -0.39 is 5.60 Å². The predicted molar refractivity (Wildman–Crippen MR) is 61.5 cm³/mol. The second kappa shape index (κ2) is 4.53. The normalized spacial score (nSPS) is 11.2. The molecule has 0 spiro atoms. The summed E-state index contributed by atoms with van der Waals surface area (Å²) in [6.07, 6.45) is 0. The minimum absolute atomic E-state index is 0.136. The van der Waals surface area contributed by atoms with Crippen molar-refractivity contribution < 1.29 is 15.0 Å². The molecule has 0 unspecified atom stereocenters. The predicted octanol–water partition coefficient (Wildman–Crippen LogP) is 1.20. The fourth-order valence-corrected chi connectivity index (χ4v) is 1.29. The lowest BCUT2D eigenvalue weighted by Gasteiger charge is -2.18. The van der Waals surface area contributed by atoms with E-state index in [1.165, 1.54) is 12.1 Å². The third kappa shape index (κ3) is 3.55. The van der Waals surface area contributed by atoms with E-state index in [1.54, 1.807) is 26.8 Å². The van der Waals surface area contributed by atoms with Crippen LogP contribution in [0.3, 0.4) is 0 Å². The maximum Gasteiger partial charge on any atom is 0.251 e. The maximum atomic E-state index is 11.7. The molecule has 0 aromatic heterocycles. The first kappa shape index (κ1) is 12.5. The Hall–Kier alpha value is -1.55.